The molecular formula is C29H24Cl2N4O3. The number of aromatic nitrogens is 3. The predicted molar refractivity (Wildman–Crippen MR) is 150 cm³/mol. The molecule has 1 atom stereocenters. The number of fused-ring (bicyclic) bond motifs is 1. The first kappa shape index (κ1) is 25.6. The summed E-state index contributed by atoms with van der Waals surface area (Å²) in [6.07, 6.45) is 1.35. The molecule has 192 valence electrons. The van der Waals surface area contributed by atoms with Gasteiger partial charge in [-0.3, -0.25) is 9.59 Å². The third-order valence-corrected chi connectivity index (χ3v) is 6.76. The Morgan fingerprint density at radius 1 is 0.947 bits per heavy atom. The van der Waals surface area contributed by atoms with E-state index in [1.165, 1.54) is 0 Å². The molecule has 9 heteroatoms. The second-order valence-corrected chi connectivity index (χ2v) is 9.82. The van der Waals surface area contributed by atoms with Crippen LogP contribution in [0.4, 0.5) is 0 Å². The van der Waals surface area contributed by atoms with Crippen LogP contribution in [0.25, 0.3) is 22.2 Å². The minimum Gasteiger partial charge on any atom is -0.507 e. The highest BCUT2D eigenvalue weighted by Crippen LogP contribution is 2.32. The number of halogens is 2. The third kappa shape index (κ3) is 5.90. The van der Waals surface area contributed by atoms with Crippen molar-refractivity contribution in [3.8, 4) is 17.0 Å². The number of nitrogens with one attached hydrogen (secondary N) is 3. The Kier molecular flexibility index (Phi) is 7.49. The first-order valence-electron chi connectivity index (χ1n) is 12.1. The van der Waals surface area contributed by atoms with Gasteiger partial charge >= 0.3 is 0 Å². The van der Waals surface area contributed by atoms with Crippen LogP contribution in [-0.4, -0.2) is 26.0 Å². The maximum Gasteiger partial charge on any atom is 0.252 e. The van der Waals surface area contributed by atoms with E-state index in [-0.39, 0.29) is 18.1 Å². The molecule has 4 N–H and O–H groups in total. The molecule has 0 bridgehead atoms. The number of hydrogen-bond acceptors (Lipinski definition) is 4. The Morgan fingerprint density at radius 3 is 2.53 bits per heavy atom. The van der Waals surface area contributed by atoms with Gasteiger partial charge in [0.15, 0.2) is 0 Å². The molecule has 2 heterocycles. The second kappa shape index (κ2) is 11.1. The Morgan fingerprint density at radius 2 is 1.74 bits per heavy atom. The molecular weight excluding hydrogens is 523 g/mol. The topological polar surface area (TPSA) is 111 Å². The van der Waals surface area contributed by atoms with Crippen LogP contribution in [0.5, 0.6) is 5.75 Å². The number of aromatic amines is 2. The van der Waals surface area contributed by atoms with Crippen molar-refractivity contribution in [1.82, 2.24) is 20.3 Å². The van der Waals surface area contributed by atoms with Crippen molar-refractivity contribution in [1.29, 1.82) is 0 Å². The van der Waals surface area contributed by atoms with Crippen molar-refractivity contribution >= 4 is 40.0 Å². The van der Waals surface area contributed by atoms with Gasteiger partial charge in [-0.2, -0.15) is 0 Å². The minimum absolute atomic E-state index is 0.125. The molecule has 0 spiro atoms. The number of aryl methyl sites for hydroxylation is 1. The molecule has 1 amide bonds. The van der Waals surface area contributed by atoms with Crippen LogP contribution in [0.15, 0.2) is 83.7 Å². The second-order valence-electron chi connectivity index (χ2n) is 9.00. The van der Waals surface area contributed by atoms with Gasteiger partial charge in [0.05, 0.1) is 11.6 Å². The number of pyridine rings is 1. The number of carbonyl (C=O) groups excluding carboxylic acids is 1. The number of carbonyl (C=O) groups is 1. The average Bonchev–Trinajstić information content (AvgIpc) is 3.29. The van der Waals surface area contributed by atoms with E-state index in [0.29, 0.717) is 51.0 Å². The van der Waals surface area contributed by atoms with Crippen LogP contribution in [0.3, 0.4) is 0 Å². The Labute approximate surface area is 228 Å². The highest BCUT2D eigenvalue weighted by molar-refractivity contribution is 6.32. The summed E-state index contributed by atoms with van der Waals surface area (Å²) in [4.78, 5) is 35.2. The number of hydrogen-bond donors (Lipinski definition) is 4. The summed E-state index contributed by atoms with van der Waals surface area (Å²) in [5.41, 5.74) is 3.24. The number of benzene rings is 3. The molecule has 38 heavy (non-hydrogen) atoms. The lowest BCUT2D eigenvalue weighted by Crippen LogP contribution is -2.31. The molecule has 0 fully saturated rings. The van der Waals surface area contributed by atoms with Gasteiger partial charge in [-0.1, -0.05) is 71.7 Å². The maximum atomic E-state index is 13.0. The van der Waals surface area contributed by atoms with Gasteiger partial charge in [0.2, 0.25) is 5.91 Å². The molecule has 5 rings (SSSR count). The van der Waals surface area contributed by atoms with Crippen LogP contribution in [0.2, 0.25) is 10.2 Å². The molecule has 7 nitrogen and oxygen atoms in total. The maximum absolute atomic E-state index is 13.0. The van der Waals surface area contributed by atoms with E-state index in [2.05, 4.69) is 15.3 Å². The monoisotopic (exact) mass is 546 g/mol. The molecule has 2 aromatic heterocycles. The quantitative estimate of drug-likeness (QED) is 0.192. The molecule has 0 saturated heterocycles. The van der Waals surface area contributed by atoms with E-state index in [1.807, 2.05) is 48.5 Å². The lowest BCUT2D eigenvalue weighted by Gasteiger charge is -2.17. The van der Waals surface area contributed by atoms with Crippen molar-refractivity contribution in [3.05, 3.63) is 116 Å². The molecule has 0 aliphatic carbocycles. The lowest BCUT2D eigenvalue weighted by molar-refractivity contribution is -0.121. The van der Waals surface area contributed by atoms with Gasteiger partial charge in [0.1, 0.15) is 22.4 Å². The minimum atomic E-state index is -0.458. The SMILES string of the molecule is O=C(CCc1cccc(Cl)c1)NC(Cc1ccccc1)c1nc(-c2ccc3[nH]c(=O)cc(O)c3c2)c(Cl)[nH]1. The summed E-state index contributed by atoms with van der Waals surface area (Å²) >= 11 is 12.6. The van der Waals surface area contributed by atoms with Crippen molar-refractivity contribution in [2.45, 2.75) is 25.3 Å². The summed E-state index contributed by atoms with van der Waals surface area (Å²) < 4.78 is 0. The van der Waals surface area contributed by atoms with Crippen molar-refractivity contribution in [2.24, 2.45) is 0 Å². The highest BCUT2D eigenvalue weighted by Gasteiger charge is 2.22. The Hall–Kier alpha value is -4.07. The van der Waals surface area contributed by atoms with E-state index in [1.54, 1.807) is 24.3 Å². The summed E-state index contributed by atoms with van der Waals surface area (Å²) in [5.74, 6) is 0.252. The van der Waals surface area contributed by atoms with Crippen molar-refractivity contribution < 1.29 is 9.90 Å². The van der Waals surface area contributed by atoms with E-state index >= 15 is 0 Å². The van der Waals surface area contributed by atoms with E-state index in [9.17, 15) is 14.7 Å². The lowest BCUT2D eigenvalue weighted by atomic mass is 10.0. The zero-order valence-corrected chi connectivity index (χ0v) is 21.7. The van der Waals surface area contributed by atoms with Crippen molar-refractivity contribution in [2.75, 3.05) is 0 Å². The largest absolute Gasteiger partial charge is 0.507 e. The van der Waals surface area contributed by atoms with Gasteiger partial charge in [-0.05, 0) is 48.2 Å². The van der Waals surface area contributed by atoms with E-state index < -0.39 is 11.6 Å². The Balaban J connectivity index is 1.42. The number of rotatable bonds is 8. The summed E-state index contributed by atoms with van der Waals surface area (Å²) in [6, 6.07) is 23.1. The Bertz CT molecular complexity index is 1660. The molecule has 5 aromatic rings. The van der Waals surface area contributed by atoms with Crippen LogP contribution >= 0.6 is 23.2 Å². The molecule has 0 saturated carbocycles. The molecule has 1 unspecified atom stereocenters. The van der Waals surface area contributed by atoms with Gasteiger partial charge in [0, 0.05) is 28.5 Å². The normalized spacial score (nSPS) is 11.9. The van der Waals surface area contributed by atoms with Gasteiger partial charge in [-0.25, -0.2) is 4.98 Å². The van der Waals surface area contributed by atoms with Gasteiger partial charge < -0.3 is 20.4 Å². The summed E-state index contributed by atoms with van der Waals surface area (Å²) in [5, 5.41) is 14.8. The molecule has 3 aromatic carbocycles. The smallest absolute Gasteiger partial charge is 0.252 e. The number of nitrogens with zero attached hydrogens (tertiary/aromatic N) is 1. The highest BCUT2D eigenvalue weighted by atomic mass is 35.5. The fourth-order valence-corrected chi connectivity index (χ4v) is 4.85. The molecule has 0 aliphatic heterocycles. The van der Waals surface area contributed by atoms with Crippen molar-refractivity contribution in [3.63, 3.8) is 0 Å². The van der Waals surface area contributed by atoms with Crippen LogP contribution < -0.4 is 10.9 Å². The van der Waals surface area contributed by atoms with E-state index in [0.717, 1.165) is 17.2 Å². The van der Waals surface area contributed by atoms with Gasteiger partial charge in [-0.15, -0.1) is 0 Å². The zero-order chi connectivity index (χ0) is 26.6. The summed E-state index contributed by atoms with van der Waals surface area (Å²) in [7, 11) is 0. The van der Waals surface area contributed by atoms with Crippen LogP contribution in [0.1, 0.15) is 29.4 Å². The number of aromatic hydroxyl groups is 1. The number of amides is 1. The fourth-order valence-electron chi connectivity index (χ4n) is 4.39. The average molecular weight is 547 g/mol. The van der Waals surface area contributed by atoms with Crippen LogP contribution in [-0.2, 0) is 17.6 Å². The molecule has 0 aliphatic rings. The number of H-pyrrole nitrogens is 2. The van der Waals surface area contributed by atoms with Crippen LogP contribution in [0, 0.1) is 0 Å². The summed E-state index contributed by atoms with van der Waals surface area (Å²) in [6.45, 7) is 0. The third-order valence-electron chi connectivity index (χ3n) is 6.25. The fraction of sp³-hybridized carbons (Fsp3) is 0.138. The van der Waals surface area contributed by atoms with E-state index in [4.69, 9.17) is 28.2 Å². The standard InChI is InChI=1S/C29H24Cl2N4O3/c30-20-8-4-7-18(13-20)9-12-25(37)33-23(14-17-5-2-1-3-6-17)29-34-27(28(31)35-29)19-10-11-22-21(15-19)24(36)16-26(38)32-22/h1-8,10-11,13,15-16,23H,9,12,14H2,(H,33,37)(H,34,35)(H2,32,36,38). The first-order chi connectivity index (χ1) is 18.4. The molecule has 0 radical (unpaired) electrons. The number of imidazole rings is 1. The predicted octanol–water partition coefficient (Wildman–Crippen LogP) is 5.96. The zero-order valence-electron chi connectivity index (χ0n) is 20.2. The first-order valence-corrected chi connectivity index (χ1v) is 12.8. The van der Waals surface area contributed by atoms with Gasteiger partial charge in [0.25, 0.3) is 5.56 Å².